The average Bonchev–Trinajstić information content (AvgIpc) is 2.11. The molecule has 0 bridgehead atoms. The lowest BCUT2D eigenvalue weighted by molar-refractivity contribution is -0.0510. The second-order valence-electron chi connectivity index (χ2n) is 3.35. The zero-order valence-corrected chi connectivity index (χ0v) is 11.1. The summed E-state index contributed by atoms with van der Waals surface area (Å²) in [6.07, 6.45) is 0. The van der Waals surface area contributed by atoms with E-state index in [0.717, 1.165) is 16.0 Å². The number of phenolic OH excluding ortho intramolecular Hbond substituents is 1. The second-order valence-corrected chi connectivity index (χ2v) is 5.28. The fourth-order valence-electron chi connectivity index (χ4n) is 0.933. The first kappa shape index (κ1) is 17.1. The largest absolute Gasteiger partial charge is 0.522 e. The van der Waals surface area contributed by atoms with Crippen LogP contribution in [0.5, 0.6) is 5.75 Å². The number of aromatic hydroxyl groups is 1. The van der Waals surface area contributed by atoms with Crippen LogP contribution in [0.4, 0.5) is 13.2 Å². The Morgan fingerprint density at radius 2 is 1.44 bits per heavy atom. The van der Waals surface area contributed by atoms with E-state index in [-0.39, 0.29) is 0 Å². The number of phenols is 1. The Morgan fingerprint density at radius 1 is 1.17 bits per heavy atom. The number of alkyl halides is 3. The van der Waals surface area contributed by atoms with E-state index >= 15 is 0 Å². The van der Waals surface area contributed by atoms with Crippen LogP contribution in [0, 0.1) is 13.8 Å². The van der Waals surface area contributed by atoms with E-state index in [2.05, 4.69) is 12.6 Å². The molecule has 0 aromatic heterocycles. The van der Waals surface area contributed by atoms with Crippen molar-refractivity contribution in [2.45, 2.75) is 24.3 Å². The SMILES string of the molecule is Cc1cc(S)cc(C)c1O.O=S(=O)(O)C(F)(F)F. The quantitative estimate of drug-likeness (QED) is 0.391. The monoisotopic (exact) mass is 304 g/mol. The Bertz CT molecular complexity index is 500. The van der Waals surface area contributed by atoms with Gasteiger partial charge in [0.25, 0.3) is 0 Å². The second kappa shape index (κ2) is 5.81. The van der Waals surface area contributed by atoms with E-state index in [9.17, 15) is 18.3 Å². The molecule has 0 aliphatic heterocycles. The van der Waals surface area contributed by atoms with Gasteiger partial charge < -0.3 is 5.11 Å². The first-order chi connectivity index (χ1) is 7.86. The van der Waals surface area contributed by atoms with Crippen LogP contribution in [-0.4, -0.2) is 23.6 Å². The zero-order chi connectivity index (χ0) is 14.7. The number of hydrogen-bond donors (Lipinski definition) is 3. The van der Waals surface area contributed by atoms with Crippen molar-refractivity contribution >= 4 is 22.7 Å². The standard InChI is InChI=1S/C8H10OS.CHF3O3S/c1-5-3-7(10)4-6(2)8(5)9;2-1(3,4)8(5,6)7/h3-4,9-10H,1-2H3;(H,5,6,7). The molecule has 1 aromatic rings. The van der Waals surface area contributed by atoms with Gasteiger partial charge in [-0.15, -0.1) is 12.6 Å². The molecule has 0 radical (unpaired) electrons. The van der Waals surface area contributed by atoms with Crippen molar-refractivity contribution < 1.29 is 31.2 Å². The van der Waals surface area contributed by atoms with Crippen LogP contribution in [0.15, 0.2) is 17.0 Å². The lowest BCUT2D eigenvalue weighted by Gasteiger charge is -2.02. The van der Waals surface area contributed by atoms with E-state index < -0.39 is 15.6 Å². The van der Waals surface area contributed by atoms with Gasteiger partial charge in [0.15, 0.2) is 0 Å². The van der Waals surface area contributed by atoms with Crippen molar-refractivity contribution in [3.05, 3.63) is 23.3 Å². The number of thiol groups is 1. The predicted molar refractivity (Wildman–Crippen MR) is 62.4 cm³/mol. The summed E-state index contributed by atoms with van der Waals surface area (Å²) in [4.78, 5) is 0.896. The highest BCUT2D eigenvalue weighted by Gasteiger charge is 2.44. The maximum Gasteiger partial charge on any atom is 0.522 e. The molecule has 0 atom stereocenters. The van der Waals surface area contributed by atoms with Crippen LogP contribution in [0.25, 0.3) is 0 Å². The lowest BCUT2D eigenvalue weighted by Crippen LogP contribution is -2.21. The summed E-state index contributed by atoms with van der Waals surface area (Å²) in [5.74, 6) is 0.373. The maximum atomic E-state index is 10.7. The molecule has 0 unspecified atom stereocenters. The van der Waals surface area contributed by atoms with Crippen LogP contribution in [-0.2, 0) is 10.1 Å². The van der Waals surface area contributed by atoms with Crippen molar-refractivity contribution in [3.63, 3.8) is 0 Å². The third-order valence-electron chi connectivity index (χ3n) is 1.77. The summed E-state index contributed by atoms with van der Waals surface area (Å²) in [7, 11) is -5.84. The van der Waals surface area contributed by atoms with Gasteiger partial charge in [-0.3, -0.25) is 4.55 Å². The number of benzene rings is 1. The first-order valence-corrected chi connectivity index (χ1v) is 6.28. The van der Waals surface area contributed by atoms with Gasteiger partial charge in [0.2, 0.25) is 0 Å². The third-order valence-corrected chi connectivity index (χ3v) is 2.61. The average molecular weight is 304 g/mol. The molecular formula is C9H11F3O4S2. The molecule has 0 spiro atoms. The number of hydrogen-bond acceptors (Lipinski definition) is 4. The van der Waals surface area contributed by atoms with Crippen LogP contribution in [0.3, 0.4) is 0 Å². The molecule has 1 aromatic carbocycles. The number of rotatable bonds is 0. The van der Waals surface area contributed by atoms with Crippen molar-refractivity contribution in [1.29, 1.82) is 0 Å². The van der Waals surface area contributed by atoms with Crippen molar-refractivity contribution in [2.24, 2.45) is 0 Å². The Hall–Kier alpha value is -0.930. The molecule has 4 nitrogen and oxygen atoms in total. The smallest absolute Gasteiger partial charge is 0.507 e. The summed E-state index contributed by atoms with van der Waals surface area (Å²) in [6.45, 7) is 3.73. The molecule has 9 heteroatoms. The summed E-state index contributed by atoms with van der Waals surface area (Å²) >= 11 is 4.16. The minimum atomic E-state index is -5.84. The Labute approximate surface area is 108 Å². The molecule has 18 heavy (non-hydrogen) atoms. The Morgan fingerprint density at radius 3 is 1.67 bits per heavy atom. The molecule has 0 saturated heterocycles. The normalized spacial score (nSPS) is 11.7. The minimum absolute atomic E-state index is 0.373. The van der Waals surface area contributed by atoms with E-state index in [0.29, 0.717) is 5.75 Å². The van der Waals surface area contributed by atoms with E-state index in [1.807, 2.05) is 26.0 Å². The molecule has 0 aliphatic carbocycles. The van der Waals surface area contributed by atoms with Gasteiger partial charge in [0.1, 0.15) is 5.75 Å². The molecule has 0 fully saturated rings. The van der Waals surface area contributed by atoms with Gasteiger partial charge in [-0.05, 0) is 37.1 Å². The van der Waals surface area contributed by atoms with Gasteiger partial charge >= 0.3 is 15.6 Å². The van der Waals surface area contributed by atoms with Crippen LogP contribution < -0.4 is 0 Å². The van der Waals surface area contributed by atoms with Crippen LogP contribution >= 0.6 is 12.6 Å². The third kappa shape index (κ3) is 5.15. The summed E-state index contributed by atoms with van der Waals surface area (Å²) in [6, 6.07) is 3.68. The van der Waals surface area contributed by atoms with Crippen molar-refractivity contribution in [1.82, 2.24) is 0 Å². The van der Waals surface area contributed by atoms with Crippen molar-refractivity contribution in [3.8, 4) is 5.75 Å². The van der Waals surface area contributed by atoms with Gasteiger partial charge in [-0.25, -0.2) is 0 Å². The van der Waals surface area contributed by atoms with Gasteiger partial charge in [0, 0.05) is 4.90 Å². The van der Waals surface area contributed by atoms with Crippen LogP contribution in [0.1, 0.15) is 11.1 Å². The fraction of sp³-hybridized carbons (Fsp3) is 0.333. The summed E-state index contributed by atoms with van der Waals surface area (Å²) < 4.78 is 57.5. The van der Waals surface area contributed by atoms with Gasteiger partial charge in [-0.2, -0.15) is 21.6 Å². The van der Waals surface area contributed by atoms with Crippen molar-refractivity contribution in [2.75, 3.05) is 0 Å². The first-order valence-electron chi connectivity index (χ1n) is 4.39. The molecule has 0 amide bonds. The minimum Gasteiger partial charge on any atom is -0.507 e. The van der Waals surface area contributed by atoms with Gasteiger partial charge in [-0.1, -0.05) is 0 Å². The molecule has 1 rings (SSSR count). The molecular weight excluding hydrogens is 293 g/mol. The molecule has 2 N–H and O–H groups in total. The lowest BCUT2D eigenvalue weighted by atomic mass is 10.1. The highest BCUT2D eigenvalue weighted by atomic mass is 32.2. The topological polar surface area (TPSA) is 74.6 Å². The Kier molecular flexibility index (Phi) is 5.51. The molecule has 0 aliphatic rings. The predicted octanol–water partition coefficient (Wildman–Crippen LogP) is 2.69. The van der Waals surface area contributed by atoms with Gasteiger partial charge in [0.05, 0.1) is 0 Å². The molecule has 0 heterocycles. The maximum absolute atomic E-state index is 10.7. The van der Waals surface area contributed by atoms with E-state index in [1.165, 1.54) is 0 Å². The molecule has 104 valence electrons. The molecule has 0 saturated carbocycles. The Balaban J connectivity index is 0.000000331. The van der Waals surface area contributed by atoms with E-state index in [4.69, 9.17) is 13.0 Å². The highest BCUT2D eigenvalue weighted by Crippen LogP contribution is 2.24. The zero-order valence-electron chi connectivity index (χ0n) is 9.35. The summed E-state index contributed by atoms with van der Waals surface area (Å²) in [5, 5.41) is 9.30. The van der Waals surface area contributed by atoms with Crippen LogP contribution in [0.2, 0.25) is 0 Å². The number of aryl methyl sites for hydroxylation is 2. The number of halogens is 3. The highest BCUT2D eigenvalue weighted by molar-refractivity contribution is 7.86. The summed E-state index contributed by atoms with van der Waals surface area (Å²) in [5.41, 5.74) is -3.78. The van der Waals surface area contributed by atoms with E-state index in [1.54, 1.807) is 0 Å². The fourth-order valence-corrected chi connectivity index (χ4v) is 1.32.